The largest absolute Gasteiger partial charge is 0.322 e. The molecule has 162 valence electrons. The normalized spacial score (nSPS) is 11.5. The van der Waals surface area contributed by atoms with E-state index < -0.39 is 26.0 Å². The number of anilines is 3. The molecule has 0 bridgehead atoms. The lowest BCUT2D eigenvalue weighted by molar-refractivity contribution is 0.102. The Labute approximate surface area is 185 Å². The highest BCUT2D eigenvalue weighted by Gasteiger charge is 2.15. The van der Waals surface area contributed by atoms with Crippen molar-refractivity contribution in [3.05, 3.63) is 83.4 Å². The molecular weight excluding hydrogens is 462 g/mol. The highest BCUT2D eigenvalue weighted by molar-refractivity contribution is 7.92. The fraction of sp³-hybridized carbons (Fsp3) is 0.0500. The van der Waals surface area contributed by atoms with Crippen molar-refractivity contribution in [3.8, 4) is 0 Å². The molecule has 0 spiro atoms. The lowest BCUT2D eigenvalue weighted by Gasteiger charge is -2.10. The minimum atomic E-state index is -3.77. The summed E-state index contributed by atoms with van der Waals surface area (Å²) in [5, 5.41) is 2.69. The highest BCUT2D eigenvalue weighted by atomic mass is 35.5. The summed E-state index contributed by atoms with van der Waals surface area (Å²) < 4.78 is 52.3. The number of benzene rings is 3. The Morgan fingerprint density at radius 1 is 0.806 bits per heavy atom. The summed E-state index contributed by atoms with van der Waals surface area (Å²) in [5.41, 5.74) is 1.16. The van der Waals surface area contributed by atoms with Gasteiger partial charge in [0, 0.05) is 16.9 Å². The minimum absolute atomic E-state index is 0.0357. The van der Waals surface area contributed by atoms with Crippen LogP contribution in [0.2, 0.25) is 5.02 Å². The second-order valence-electron chi connectivity index (χ2n) is 6.52. The molecule has 3 rings (SSSR count). The summed E-state index contributed by atoms with van der Waals surface area (Å²) in [4.78, 5) is 12.5. The molecule has 0 aliphatic heterocycles. The topological polar surface area (TPSA) is 121 Å². The molecule has 3 N–H and O–H groups in total. The number of sulfonamides is 2. The second-order valence-corrected chi connectivity index (χ2v) is 10.4. The van der Waals surface area contributed by atoms with E-state index in [1.807, 2.05) is 0 Å². The fourth-order valence-corrected chi connectivity index (χ4v) is 4.50. The van der Waals surface area contributed by atoms with Gasteiger partial charge in [0.1, 0.15) is 0 Å². The molecule has 0 aliphatic rings. The Bertz CT molecular complexity index is 1310. The Balaban J connectivity index is 1.71. The number of hydrogen-bond donors (Lipinski definition) is 3. The molecule has 0 saturated heterocycles. The third-order valence-corrected chi connectivity index (χ3v) is 6.28. The predicted octanol–water partition coefficient (Wildman–Crippen LogP) is 3.76. The predicted molar refractivity (Wildman–Crippen MR) is 122 cm³/mol. The summed E-state index contributed by atoms with van der Waals surface area (Å²) in [6.45, 7) is 0. The van der Waals surface area contributed by atoms with Gasteiger partial charge < -0.3 is 5.32 Å². The number of nitrogens with one attached hydrogen (secondary N) is 3. The third-order valence-electron chi connectivity index (χ3n) is 3.98. The van der Waals surface area contributed by atoms with E-state index >= 15 is 0 Å². The first-order valence-corrected chi connectivity index (χ1v) is 12.6. The van der Waals surface area contributed by atoms with Crippen LogP contribution in [0.5, 0.6) is 0 Å². The third kappa shape index (κ3) is 6.20. The summed E-state index contributed by atoms with van der Waals surface area (Å²) >= 11 is 6.04. The van der Waals surface area contributed by atoms with Gasteiger partial charge in [-0.05, 0) is 54.6 Å². The molecule has 0 fully saturated rings. The molecule has 11 heteroatoms. The van der Waals surface area contributed by atoms with Gasteiger partial charge in [-0.1, -0.05) is 29.8 Å². The van der Waals surface area contributed by atoms with Crippen molar-refractivity contribution >= 4 is 54.6 Å². The number of carbonyl (C=O) groups excluding carboxylic acids is 1. The van der Waals surface area contributed by atoms with Gasteiger partial charge in [0.25, 0.3) is 15.9 Å². The number of hydrogen-bond acceptors (Lipinski definition) is 5. The van der Waals surface area contributed by atoms with Gasteiger partial charge in [-0.25, -0.2) is 16.8 Å². The first-order chi connectivity index (χ1) is 14.5. The van der Waals surface area contributed by atoms with E-state index in [-0.39, 0.29) is 21.2 Å². The van der Waals surface area contributed by atoms with Crippen molar-refractivity contribution in [2.75, 3.05) is 21.0 Å². The van der Waals surface area contributed by atoms with Crippen molar-refractivity contribution in [1.29, 1.82) is 0 Å². The average Bonchev–Trinajstić information content (AvgIpc) is 2.69. The van der Waals surface area contributed by atoms with Crippen LogP contribution in [-0.2, 0) is 20.0 Å². The number of para-hydroxylation sites is 1. The van der Waals surface area contributed by atoms with Gasteiger partial charge in [-0.15, -0.1) is 0 Å². The van der Waals surface area contributed by atoms with Gasteiger partial charge in [-0.2, -0.15) is 0 Å². The maximum absolute atomic E-state index is 12.5. The lowest BCUT2D eigenvalue weighted by atomic mass is 10.2. The van der Waals surface area contributed by atoms with Crippen LogP contribution in [0.25, 0.3) is 0 Å². The van der Waals surface area contributed by atoms with Crippen LogP contribution in [0, 0.1) is 0 Å². The molecule has 3 aromatic carbocycles. The number of carbonyl (C=O) groups is 1. The monoisotopic (exact) mass is 479 g/mol. The SMILES string of the molecule is CS(=O)(=O)Nc1ccc(C(=O)Nc2ccc(S(=O)(=O)Nc3ccccc3)cc2)cc1Cl. The Morgan fingerprint density at radius 3 is 2.03 bits per heavy atom. The quantitative estimate of drug-likeness (QED) is 0.476. The number of halogens is 1. The molecule has 8 nitrogen and oxygen atoms in total. The smallest absolute Gasteiger partial charge is 0.261 e. The van der Waals surface area contributed by atoms with Crippen LogP contribution in [0.1, 0.15) is 10.4 Å². The van der Waals surface area contributed by atoms with Gasteiger partial charge in [0.2, 0.25) is 10.0 Å². The van der Waals surface area contributed by atoms with E-state index in [2.05, 4.69) is 14.8 Å². The molecular formula is C20H18ClN3O5S2. The zero-order valence-electron chi connectivity index (χ0n) is 16.2. The molecule has 0 aromatic heterocycles. The number of amides is 1. The van der Waals surface area contributed by atoms with E-state index in [9.17, 15) is 21.6 Å². The minimum Gasteiger partial charge on any atom is -0.322 e. The first kappa shape index (κ1) is 22.6. The lowest BCUT2D eigenvalue weighted by Crippen LogP contribution is -2.14. The van der Waals surface area contributed by atoms with Crippen LogP contribution in [0.3, 0.4) is 0 Å². The molecule has 0 saturated carbocycles. The fourth-order valence-electron chi connectivity index (χ4n) is 2.58. The van der Waals surface area contributed by atoms with Gasteiger partial charge in [0.05, 0.1) is 21.9 Å². The van der Waals surface area contributed by atoms with Crippen LogP contribution in [-0.4, -0.2) is 29.0 Å². The van der Waals surface area contributed by atoms with E-state index in [0.717, 1.165) is 6.26 Å². The summed E-state index contributed by atoms with van der Waals surface area (Å²) in [7, 11) is -7.28. The highest BCUT2D eigenvalue weighted by Crippen LogP contribution is 2.25. The Kier molecular flexibility index (Phi) is 6.54. The van der Waals surface area contributed by atoms with Crippen molar-refractivity contribution in [2.45, 2.75) is 4.90 Å². The second kappa shape index (κ2) is 8.96. The van der Waals surface area contributed by atoms with E-state index in [1.165, 1.54) is 42.5 Å². The van der Waals surface area contributed by atoms with Crippen LogP contribution < -0.4 is 14.8 Å². The summed E-state index contributed by atoms with van der Waals surface area (Å²) in [6.07, 6.45) is 0.989. The van der Waals surface area contributed by atoms with Crippen LogP contribution in [0.15, 0.2) is 77.7 Å². The number of rotatable bonds is 7. The molecule has 0 aliphatic carbocycles. The molecule has 3 aromatic rings. The van der Waals surface area contributed by atoms with Crippen molar-refractivity contribution < 1.29 is 21.6 Å². The maximum Gasteiger partial charge on any atom is 0.261 e. The molecule has 1 amide bonds. The summed E-state index contributed by atoms with van der Waals surface area (Å²) in [5.74, 6) is -0.495. The zero-order valence-corrected chi connectivity index (χ0v) is 18.6. The molecule has 0 radical (unpaired) electrons. The maximum atomic E-state index is 12.5. The van der Waals surface area contributed by atoms with Gasteiger partial charge >= 0.3 is 0 Å². The van der Waals surface area contributed by atoms with Gasteiger partial charge in [-0.3, -0.25) is 14.2 Å². The van der Waals surface area contributed by atoms with Gasteiger partial charge in [0.15, 0.2) is 0 Å². The standard InChI is InChI=1S/C20H18ClN3O5S2/c1-30(26,27)24-19-12-7-14(13-18(19)21)20(25)22-15-8-10-17(11-9-15)31(28,29)23-16-5-3-2-4-6-16/h2-13,23-24H,1H3,(H,22,25). The molecule has 0 heterocycles. The van der Waals surface area contributed by atoms with Crippen LogP contribution >= 0.6 is 11.6 Å². The zero-order chi connectivity index (χ0) is 22.6. The Morgan fingerprint density at radius 2 is 1.45 bits per heavy atom. The van der Waals surface area contributed by atoms with E-state index in [1.54, 1.807) is 30.3 Å². The van der Waals surface area contributed by atoms with Crippen molar-refractivity contribution in [3.63, 3.8) is 0 Å². The molecule has 0 atom stereocenters. The summed E-state index contributed by atoms with van der Waals surface area (Å²) in [6, 6.07) is 18.2. The first-order valence-electron chi connectivity index (χ1n) is 8.80. The van der Waals surface area contributed by atoms with Crippen LogP contribution in [0.4, 0.5) is 17.1 Å². The molecule has 0 unspecified atom stereocenters. The van der Waals surface area contributed by atoms with Crippen molar-refractivity contribution in [1.82, 2.24) is 0 Å². The molecule has 31 heavy (non-hydrogen) atoms. The average molecular weight is 480 g/mol. The van der Waals surface area contributed by atoms with Crippen molar-refractivity contribution in [2.24, 2.45) is 0 Å². The van der Waals surface area contributed by atoms with E-state index in [0.29, 0.717) is 11.4 Å². The Hall–Kier alpha value is -3.08. The van der Waals surface area contributed by atoms with E-state index in [4.69, 9.17) is 11.6 Å².